The van der Waals surface area contributed by atoms with Gasteiger partial charge in [-0.25, -0.2) is 0 Å². The Hall–Kier alpha value is -4.36. The van der Waals surface area contributed by atoms with Gasteiger partial charge in [0.15, 0.2) is 0 Å². The number of fused-ring (bicyclic) bond motifs is 3. The maximum absolute atomic E-state index is 4.49. The Labute approximate surface area is 215 Å². The smallest absolute Gasteiger partial charge is 0.0539 e. The van der Waals surface area contributed by atoms with E-state index < -0.39 is 0 Å². The first-order valence-electron chi connectivity index (χ1n) is 12.4. The summed E-state index contributed by atoms with van der Waals surface area (Å²) < 4.78 is 0. The highest BCUT2D eigenvalue weighted by atomic mass is 15.1. The van der Waals surface area contributed by atoms with Crippen molar-refractivity contribution in [2.45, 2.75) is 19.3 Å². The van der Waals surface area contributed by atoms with Gasteiger partial charge >= 0.3 is 0 Å². The highest BCUT2D eigenvalue weighted by Crippen LogP contribution is 2.50. The summed E-state index contributed by atoms with van der Waals surface area (Å²) in [7, 11) is 0. The van der Waals surface area contributed by atoms with E-state index in [4.69, 9.17) is 0 Å². The molecule has 0 aliphatic heterocycles. The molecule has 5 rings (SSSR count). The summed E-state index contributed by atoms with van der Waals surface area (Å²) in [6.07, 6.45) is 9.73. The molecule has 1 aliphatic carbocycles. The number of para-hydroxylation sites is 1. The van der Waals surface area contributed by atoms with Crippen molar-refractivity contribution in [1.29, 1.82) is 0 Å². The van der Waals surface area contributed by atoms with Gasteiger partial charge in [0, 0.05) is 22.4 Å². The fourth-order valence-corrected chi connectivity index (χ4v) is 5.21. The fourth-order valence-electron chi connectivity index (χ4n) is 5.21. The molecule has 36 heavy (non-hydrogen) atoms. The van der Waals surface area contributed by atoms with Gasteiger partial charge in [0.25, 0.3) is 0 Å². The van der Waals surface area contributed by atoms with Crippen LogP contribution in [-0.4, -0.2) is 0 Å². The predicted octanol–water partition coefficient (Wildman–Crippen LogP) is 9.61. The number of hydrogen-bond acceptors (Lipinski definition) is 1. The number of allylic oxidation sites excluding steroid dienone is 5. The lowest BCUT2D eigenvalue weighted by Gasteiger charge is -2.30. The van der Waals surface area contributed by atoms with Crippen molar-refractivity contribution in [3.8, 4) is 22.3 Å². The minimum atomic E-state index is -0.0730. The molecule has 0 unspecified atom stereocenters. The van der Waals surface area contributed by atoms with Gasteiger partial charge in [0.2, 0.25) is 0 Å². The van der Waals surface area contributed by atoms with Crippen molar-refractivity contribution in [3.05, 3.63) is 157 Å². The van der Waals surface area contributed by atoms with Crippen LogP contribution in [0.2, 0.25) is 0 Å². The maximum atomic E-state index is 4.49. The topological polar surface area (TPSA) is 3.24 Å². The molecule has 0 radical (unpaired) electrons. The zero-order chi connectivity index (χ0) is 25.1. The first kappa shape index (κ1) is 23.4. The Morgan fingerprint density at radius 3 is 2.14 bits per heavy atom. The monoisotopic (exact) mass is 465 g/mol. The molecule has 1 nitrogen and oxygen atoms in total. The summed E-state index contributed by atoms with van der Waals surface area (Å²) in [5.41, 5.74) is 10.7. The van der Waals surface area contributed by atoms with E-state index in [0.717, 1.165) is 22.6 Å². The highest BCUT2D eigenvalue weighted by molar-refractivity contribution is 5.88. The molecule has 0 aromatic heterocycles. The molecule has 0 saturated carbocycles. The van der Waals surface area contributed by atoms with Crippen LogP contribution >= 0.6 is 0 Å². The molecule has 0 fully saturated rings. The van der Waals surface area contributed by atoms with Crippen LogP contribution in [0.25, 0.3) is 22.3 Å². The van der Waals surface area contributed by atoms with Crippen molar-refractivity contribution >= 4 is 11.4 Å². The molecule has 0 spiro atoms. The van der Waals surface area contributed by atoms with Crippen LogP contribution in [0, 0.1) is 0 Å². The van der Waals surface area contributed by atoms with Gasteiger partial charge in [-0.2, -0.15) is 0 Å². The van der Waals surface area contributed by atoms with Gasteiger partial charge < -0.3 is 4.90 Å². The van der Waals surface area contributed by atoms with Crippen LogP contribution in [0.4, 0.5) is 11.4 Å². The Kier molecular flexibility index (Phi) is 6.31. The van der Waals surface area contributed by atoms with E-state index in [0.29, 0.717) is 0 Å². The van der Waals surface area contributed by atoms with Crippen molar-refractivity contribution in [2.75, 3.05) is 4.90 Å². The van der Waals surface area contributed by atoms with Gasteiger partial charge in [-0.05, 0) is 52.1 Å². The summed E-state index contributed by atoms with van der Waals surface area (Å²) in [4.78, 5) is 2.26. The molecule has 176 valence electrons. The average Bonchev–Trinajstić information content (AvgIpc) is 3.14. The van der Waals surface area contributed by atoms with Crippen LogP contribution in [0.3, 0.4) is 0 Å². The second-order valence-corrected chi connectivity index (χ2v) is 9.59. The van der Waals surface area contributed by atoms with Gasteiger partial charge in [-0.1, -0.05) is 130 Å². The summed E-state index contributed by atoms with van der Waals surface area (Å²) in [5.74, 6) is 0. The van der Waals surface area contributed by atoms with Gasteiger partial charge in [-0.15, -0.1) is 0 Å². The van der Waals surface area contributed by atoms with E-state index in [1.165, 1.54) is 27.8 Å². The molecule has 0 atom stereocenters. The van der Waals surface area contributed by atoms with Crippen molar-refractivity contribution in [1.82, 2.24) is 0 Å². The van der Waals surface area contributed by atoms with E-state index in [1.807, 2.05) is 18.2 Å². The minimum Gasteiger partial charge on any atom is -0.310 e. The quantitative estimate of drug-likeness (QED) is 0.246. The fraction of sp³-hybridized carbons (Fsp3) is 0.0857. The normalized spacial score (nSPS) is 13.5. The lowest BCUT2D eigenvalue weighted by Crippen LogP contribution is -2.18. The first-order chi connectivity index (χ1) is 17.5. The average molecular weight is 466 g/mol. The van der Waals surface area contributed by atoms with Crippen LogP contribution in [0.15, 0.2) is 146 Å². The van der Waals surface area contributed by atoms with Gasteiger partial charge in [0.05, 0.1) is 5.69 Å². The second kappa shape index (κ2) is 9.71. The van der Waals surface area contributed by atoms with Gasteiger partial charge in [-0.3, -0.25) is 0 Å². The number of anilines is 2. The Bertz CT molecular complexity index is 1480. The molecule has 1 heteroatoms. The molecule has 0 amide bonds. The van der Waals surface area contributed by atoms with Crippen molar-refractivity contribution in [2.24, 2.45) is 0 Å². The van der Waals surface area contributed by atoms with Crippen molar-refractivity contribution < 1.29 is 0 Å². The minimum absolute atomic E-state index is 0.0730. The van der Waals surface area contributed by atoms with E-state index >= 15 is 0 Å². The predicted molar refractivity (Wildman–Crippen MR) is 156 cm³/mol. The zero-order valence-electron chi connectivity index (χ0n) is 21.0. The summed E-state index contributed by atoms with van der Waals surface area (Å²) >= 11 is 0. The Morgan fingerprint density at radius 2 is 1.36 bits per heavy atom. The summed E-state index contributed by atoms with van der Waals surface area (Å²) in [6.45, 7) is 12.9. The Balaban J connectivity index is 1.68. The SMILES string of the molecule is C=C/C=C/C=C/C(=C)N(c1ccc2c(c1)C(C)(C)c1ccccc1-2)c1ccccc1-c1ccccc1. The Morgan fingerprint density at radius 1 is 0.694 bits per heavy atom. The van der Waals surface area contributed by atoms with Crippen molar-refractivity contribution in [3.63, 3.8) is 0 Å². The molecule has 4 aromatic rings. The molecule has 0 bridgehead atoms. The zero-order valence-corrected chi connectivity index (χ0v) is 21.0. The molecule has 4 aromatic carbocycles. The summed E-state index contributed by atoms with van der Waals surface area (Å²) in [6, 6.07) is 34.7. The maximum Gasteiger partial charge on any atom is 0.0539 e. The lowest BCUT2D eigenvalue weighted by atomic mass is 9.82. The second-order valence-electron chi connectivity index (χ2n) is 9.59. The number of hydrogen-bond donors (Lipinski definition) is 0. The third-order valence-electron chi connectivity index (χ3n) is 6.99. The third-order valence-corrected chi connectivity index (χ3v) is 6.99. The van der Waals surface area contributed by atoms with E-state index in [2.05, 4.69) is 135 Å². The highest BCUT2D eigenvalue weighted by Gasteiger charge is 2.35. The van der Waals surface area contributed by atoms with E-state index in [-0.39, 0.29) is 5.41 Å². The molecular weight excluding hydrogens is 434 g/mol. The molecule has 0 saturated heterocycles. The lowest BCUT2D eigenvalue weighted by molar-refractivity contribution is 0.660. The largest absolute Gasteiger partial charge is 0.310 e. The summed E-state index contributed by atoms with van der Waals surface area (Å²) in [5, 5.41) is 0. The molecule has 0 N–H and O–H groups in total. The van der Waals surface area contributed by atoms with E-state index in [1.54, 1.807) is 6.08 Å². The molecular formula is C35H31N. The third kappa shape index (κ3) is 4.14. The number of rotatable bonds is 7. The van der Waals surface area contributed by atoms with Gasteiger partial charge in [0.1, 0.15) is 0 Å². The van der Waals surface area contributed by atoms with Crippen LogP contribution in [-0.2, 0) is 5.41 Å². The molecule has 0 heterocycles. The number of nitrogens with zero attached hydrogens (tertiary/aromatic N) is 1. The standard InChI is InChI=1S/C35H31N/c1-5-6-7-9-16-26(2)36(34-22-15-13-19-29(34)27-17-10-8-11-18-27)28-23-24-31-30-20-12-14-21-32(30)35(3,4)33(31)25-28/h5-25H,1-2H2,3-4H3/b7-6+,16-9+. The molecule has 1 aliphatic rings. The van der Waals surface area contributed by atoms with E-state index in [9.17, 15) is 0 Å². The van der Waals surface area contributed by atoms with Crippen LogP contribution < -0.4 is 4.90 Å². The first-order valence-corrected chi connectivity index (χ1v) is 12.4. The van der Waals surface area contributed by atoms with Crippen LogP contribution in [0.1, 0.15) is 25.0 Å². The number of benzene rings is 4. The van der Waals surface area contributed by atoms with Crippen LogP contribution in [0.5, 0.6) is 0 Å².